The summed E-state index contributed by atoms with van der Waals surface area (Å²) in [7, 11) is 0. The van der Waals surface area contributed by atoms with Crippen molar-refractivity contribution in [2.24, 2.45) is 10.2 Å². The molecule has 0 aliphatic heterocycles. The maximum atomic E-state index is 12.0. The zero-order valence-electron chi connectivity index (χ0n) is 16.4. The SMILES string of the molecule is O=C(N/N=C/c1ccc(/C=N/NC(=O)c2ccc(O)c(O)c2)cc1)c1ccc(O)c(O)c1. The molecule has 0 aromatic heterocycles. The van der Waals surface area contributed by atoms with E-state index in [4.69, 9.17) is 0 Å². The van der Waals surface area contributed by atoms with Crippen molar-refractivity contribution in [1.29, 1.82) is 0 Å². The van der Waals surface area contributed by atoms with Gasteiger partial charge in [0, 0.05) is 11.1 Å². The largest absolute Gasteiger partial charge is 0.504 e. The molecule has 3 aromatic rings. The summed E-state index contributed by atoms with van der Waals surface area (Å²) >= 11 is 0. The number of carbonyl (C=O) groups is 2. The zero-order valence-corrected chi connectivity index (χ0v) is 16.4. The van der Waals surface area contributed by atoms with Gasteiger partial charge in [0.2, 0.25) is 0 Å². The molecular formula is C22H18N4O6. The highest BCUT2D eigenvalue weighted by atomic mass is 16.3. The Morgan fingerprint density at radius 2 is 0.969 bits per heavy atom. The number of hydrazone groups is 2. The predicted octanol–water partition coefficient (Wildman–Crippen LogP) is 2.04. The second-order valence-corrected chi connectivity index (χ2v) is 6.47. The molecule has 32 heavy (non-hydrogen) atoms. The van der Waals surface area contributed by atoms with Crippen LogP contribution in [0.25, 0.3) is 0 Å². The van der Waals surface area contributed by atoms with Crippen LogP contribution in [0.15, 0.2) is 70.9 Å². The summed E-state index contributed by atoms with van der Waals surface area (Å²) in [5.74, 6) is -2.58. The van der Waals surface area contributed by atoms with Gasteiger partial charge >= 0.3 is 0 Å². The lowest BCUT2D eigenvalue weighted by Gasteiger charge is -2.02. The quantitative estimate of drug-likeness (QED) is 0.197. The van der Waals surface area contributed by atoms with Gasteiger partial charge in [-0.15, -0.1) is 0 Å². The molecule has 0 fully saturated rings. The molecule has 3 aromatic carbocycles. The summed E-state index contributed by atoms with van der Waals surface area (Å²) in [5.41, 5.74) is 6.24. The van der Waals surface area contributed by atoms with Gasteiger partial charge in [-0.2, -0.15) is 10.2 Å². The van der Waals surface area contributed by atoms with Gasteiger partial charge in [0.25, 0.3) is 11.8 Å². The van der Waals surface area contributed by atoms with Gasteiger partial charge < -0.3 is 20.4 Å². The topological polar surface area (TPSA) is 164 Å². The number of rotatable bonds is 6. The summed E-state index contributed by atoms with van der Waals surface area (Å²) in [5, 5.41) is 45.1. The van der Waals surface area contributed by atoms with Crippen LogP contribution in [0.4, 0.5) is 0 Å². The number of hydrogen-bond acceptors (Lipinski definition) is 8. The summed E-state index contributed by atoms with van der Waals surface area (Å²) in [4.78, 5) is 23.9. The second kappa shape index (κ2) is 9.76. The van der Waals surface area contributed by atoms with Crippen molar-refractivity contribution in [3.8, 4) is 23.0 Å². The third-order valence-electron chi connectivity index (χ3n) is 4.17. The highest BCUT2D eigenvalue weighted by Crippen LogP contribution is 2.25. The standard InChI is InChI=1S/C22H18N4O6/c27-17-7-5-15(9-19(17)29)21(31)25-23-11-13-1-2-14(4-3-13)12-24-26-22(32)16-6-8-18(28)20(30)10-16/h1-12,27-30H,(H,25,31)(H,26,32)/b23-11+,24-12+. The molecule has 0 spiro atoms. The molecule has 0 aliphatic carbocycles. The Labute approximate surface area is 181 Å². The minimum atomic E-state index is -0.557. The van der Waals surface area contributed by atoms with Crippen LogP contribution < -0.4 is 10.9 Å². The number of nitrogens with one attached hydrogen (secondary N) is 2. The molecule has 0 atom stereocenters. The number of nitrogens with zero attached hydrogens (tertiary/aromatic N) is 2. The van der Waals surface area contributed by atoms with E-state index in [0.29, 0.717) is 11.1 Å². The summed E-state index contributed by atoms with van der Waals surface area (Å²) in [6.07, 6.45) is 2.83. The Kier molecular flexibility index (Phi) is 6.66. The first-order valence-electron chi connectivity index (χ1n) is 9.14. The normalized spacial score (nSPS) is 11.0. The minimum Gasteiger partial charge on any atom is -0.504 e. The maximum Gasteiger partial charge on any atom is 0.271 e. The Bertz CT molecular complexity index is 1110. The lowest BCUT2D eigenvalue weighted by Crippen LogP contribution is -2.17. The molecule has 10 heteroatoms. The minimum absolute atomic E-state index is 0.133. The van der Waals surface area contributed by atoms with Crippen LogP contribution in [-0.2, 0) is 0 Å². The molecule has 0 bridgehead atoms. The van der Waals surface area contributed by atoms with Gasteiger partial charge in [-0.3, -0.25) is 9.59 Å². The van der Waals surface area contributed by atoms with Crippen LogP contribution in [0.5, 0.6) is 23.0 Å². The Balaban J connectivity index is 1.52. The molecule has 0 aliphatic rings. The van der Waals surface area contributed by atoms with E-state index in [-0.39, 0.29) is 22.6 Å². The van der Waals surface area contributed by atoms with Crippen molar-refractivity contribution in [2.75, 3.05) is 0 Å². The van der Waals surface area contributed by atoms with Crippen LogP contribution in [0.3, 0.4) is 0 Å². The zero-order chi connectivity index (χ0) is 23.1. The maximum absolute atomic E-state index is 12.0. The lowest BCUT2D eigenvalue weighted by molar-refractivity contribution is 0.0946. The van der Waals surface area contributed by atoms with Crippen molar-refractivity contribution < 1.29 is 30.0 Å². The van der Waals surface area contributed by atoms with Crippen LogP contribution >= 0.6 is 0 Å². The van der Waals surface area contributed by atoms with Crippen LogP contribution in [0.1, 0.15) is 31.8 Å². The number of phenols is 4. The average Bonchev–Trinajstić information content (AvgIpc) is 2.78. The van der Waals surface area contributed by atoms with Crippen LogP contribution in [0, 0.1) is 0 Å². The van der Waals surface area contributed by atoms with E-state index in [1.54, 1.807) is 24.3 Å². The monoisotopic (exact) mass is 434 g/mol. The Hall–Kier alpha value is -4.86. The van der Waals surface area contributed by atoms with E-state index < -0.39 is 23.3 Å². The molecule has 0 radical (unpaired) electrons. The highest BCUT2D eigenvalue weighted by Gasteiger charge is 2.08. The number of hydrogen-bond donors (Lipinski definition) is 6. The van der Waals surface area contributed by atoms with E-state index >= 15 is 0 Å². The van der Waals surface area contributed by atoms with Crippen molar-refractivity contribution in [3.63, 3.8) is 0 Å². The third-order valence-corrected chi connectivity index (χ3v) is 4.17. The van der Waals surface area contributed by atoms with Gasteiger partial charge in [0.1, 0.15) is 0 Å². The molecule has 3 rings (SSSR count). The summed E-state index contributed by atoms with van der Waals surface area (Å²) < 4.78 is 0. The van der Waals surface area contributed by atoms with Gasteiger partial charge in [-0.05, 0) is 47.5 Å². The second-order valence-electron chi connectivity index (χ2n) is 6.47. The molecule has 0 unspecified atom stereocenters. The number of phenolic OH excluding ortho intramolecular Hbond substituents is 4. The molecule has 10 nitrogen and oxygen atoms in total. The fourth-order valence-corrected chi connectivity index (χ4v) is 2.46. The summed E-state index contributed by atoms with van der Waals surface area (Å²) in [6, 6.07) is 14.2. The fraction of sp³-hybridized carbons (Fsp3) is 0. The molecule has 2 amide bonds. The fourth-order valence-electron chi connectivity index (χ4n) is 2.46. The van der Waals surface area contributed by atoms with Crippen molar-refractivity contribution in [1.82, 2.24) is 10.9 Å². The molecule has 0 saturated heterocycles. The predicted molar refractivity (Wildman–Crippen MR) is 116 cm³/mol. The molecule has 0 saturated carbocycles. The van der Waals surface area contributed by atoms with Crippen molar-refractivity contribution >= 4 is 24.2 Å². The highest BCUT2D eigenvalue weighted by molar-refractivity contribution is 5.96. The van der Waals surface area contributed by atoms with E-state index in [9.17, 15) is 30.0 Å². The number of carbonyl (C=O) groups excluding carboxylic acids is 2. The van der Waals surface area contributed by atoms with Crippen LogP contribution in [-0.4, -0.2) is 44.7 Å². The Morgan fingerprint density at radius 3 is 1.31 bits per heavy atom. The molecule has 0 heterocycles. The van der Waals surface area contributed by atoms with Gasteiger partial charge in [-0.25, -0.2) is 10.9 Å². The average molecular weight is 434 g/mol. The summed E-state index contributed by atoms with van der Waals surface area (Å²) in [6.45, 7) is 0. The van der Waals surface area contributed by atoms with E-state index in [1.165, 1.54) is 36.7 Å². The smallest absolute Gasteiger partial charge is 0.271 e. The number of aromatic hydroxyl groups is 4. The van der Waals surface area contributed by atoms with Crippen molar-refractivity contribution in [2.45, 2.75) is 0 Å². The number of benzene rings is 3. The first kappa shape index (κ1) is 21.8. The number of amides is 2. The third kappa shape index (κ3) is 5.60. The van der Waals surface area contributed by atoms with E-state index in [2.05, 4.69) is 21.1 Å². The molecule has 6 N–H and O–H groups in total. The first-order valence-corrected chi connectivity index (χ1v) is 9.14. The van der Waals surface area contributed by atoms with Gasteiger partial charge in [0.05, 0.1) is 12.4 Å². The Morgan fingerprint density at radius 1 is 0.594 bits per heavy atom. The van der Waals surface area contributed by atoms with Crippen molar-refractivity contribution in [3.05, 3.63) is 82.9 Å². The molecular weight excluding hydrogens is 416 g/mol. The lowest BCUT2D eigenvalue weighted by atomic mass is 10.2. The van der Waals surface area contributed by atoms with Gasteiger partial charge in [-0.1, -0.05) is 24.3 Å². The molecule has 162 valence electrons. The van der Waals surface area contributed by atoms with Crippen LogP contribution in [0.2, 0.25) is 0 Å². The van der Waals surface area contributed by atoms with E-state index in [0.717, 1.165) is 12.1 Å². The first-order chi connectivity index (χ1) is 15.3. The van der Waals surface area contributed by atoms with Gasteiger partial charge in [0.15, 0.2) is 23.0 Å². The van der Waals surface area contributed by atoms with E-state index in [1.807, 2.05) is 0 Å².